The summed E-state index contributed by atoms with van der Waals surface area (Å²) in [6.45, 7) is 0. The van der Waals surface area contributed by atoms with Crippen LogP contribution in [0.25, 0.3) is 87.4 Å². The molecule has 340 valence electrons. The maximum Gasteiger partial charge on any atom is 0.0468 e. The third-order valence-corrected chi connectivity index (χ3v) is 15.2. The average Bonchev–Trinajstić information content (AvgIpc) is 3.44. The zero-order valence-corrected chi connectivity index (χ0v) is 40.0. The minimum atomic E-state index is 0.965. The van der Waals surface area contributed by atoms with Crippen molar-refractivity contribution >= 4 is 110 Å². The predicted octanol–water partition coefficient (Wildman–Crippen LogP) is 19.9. The van der Waals surface area contributed by atoms with Crippen LogP contribution in [0, 0.1) is 0 Å². The lowest BCUT2D eigenvalue weighted by Crippen LogP contribution is -2.11. The largest absolute Gasteiger partial charge is 0.310 e. The van der Waals surface area contributed by atoms with Gasteiger partial charge in [-0.3, -0.25) is 0 Å². The molecule has 12 aromatic rings. The molecule has 2 aliphatic carbocycles. The van der Waals surface area contributed by atoms with Crippen LogP contribution in [-0.2, 0) is 6.42 Å². The maximum absolute atomic E-state index is 2.48. The predicted molar refractivity (Wildman–Crippen MR) is 310 cm³/mol. The van der Waals surface area contributed by atoms with Gasteiger partial charge in [-0.25, -0.2) is 0 Å². The van der Waals surface area contributed by atoms with E-state index >= 15 is 0 Å². The van der Waals surface area contributed by atoms with E-state index < -0.39 is 0 Å². The molecule has 0 aliphatic heterocycles. The first kappa shape index (κ1) is 41.9. The zero-order chi connectivity index (χ0) is 47.5. The number of hydrogen-bond donors (Lipinski definition) is 0. The molecule has 2 aliphatic rings. The van der Waals surface area contributed by atoms with Gasteiger partial charge in [-0.05, 0) is 203 Å². The third-order valence-electron chi connectivity index (χ3n) is 15.2. The van der Waals surface area contributed by atoms with Gasteiger partial charge in [-0.2, -0.15) is 0 Å². The molecule has 72 heavy (non-hydrogen) atoms. The van der Waals surface area contributed by atoms with Gasteiger partial charge in [0.25, 0.3) is 0 Å². The highest BCUT2D eigenvalue weighted by molar-refractivity contribution is 6.21. The van der Waals surface area contributed by atoms with Crippen LogP contribution < -0.4 is 9.80 Å². The second kappa shape index (κ2) is 17.5. The number of benzene rings is 12. The summed E-state index contributed by atoms with van der Waals surface area (Å²) in [4.78, 5) is 4.93. The Labute approximate surface area is 420 Å². The molecule has 0 aromatic heterocycles. The first-order valence-corrected chi connectivity index (χ1v) is 25.4. The van der Waals surface area contributed by atoms with Crippen molar-refractivity contribution in [3.63, 3.8) is 0 Å². The molecule has 0 saturated carbocycles. The number of fused-ring (bicyclic) bond motifs is 7. The number of nitrogens with zero attached hydrogens (tertiary/aromatic N) is 2. The van der Waals surface area contributed by atoms with Gasteiger partial charge in [0.2, 0.25) is 0 Å². The third kappa shape index (κ3) is 7.34. The SMILES string of the molecule is C1=CCCC(c2c3cc(N(c4ccc5ccccc5c4)c4ccc5ccccc5c4)ccc3c(-c3ccc4ccccc4c3)c3cc(N(c4ccc5c(c4)C=CCC5)c4ccc5ccccc5c4)ccc23)=C1. The Morgan fingerprint density at radius 2 is 0.736 bits per heavy atom. The first-order chi connectivity index (χ1) is 35.7. The van der Waals surface area contributed by atoms with Crippen LogP contribution in [0.15, 0.2) is 249 Å². The van der Waals surface area contributed by atoms with E-state index in [9.17, 15) is 0 Å². The summed E-state index contributed by atoms with van der Waals surface area (Å²) in [5.41, 5.74) is 14.6. The van der Waals surface area contributed by atoms with Gasteiger partial charge in [0.05, 0.1) is 0 Å². The van der Waals surface area contributed by atoms with Crippen LogP contribution >= 0.6 is 0 Å². The van der Waals surface area contributed by atoms with E-state index in [0.29, 0.717) is 0 Å². The molecule has 2 heteroatoms. The van der Waals surface area contributed by atoms with Gasteiger partial charge < -0.3 is 9.80 Å². The Hall–Kier alpha value is -8.98. The molecular formula is C70H50N2. The van der Waals surface area contributed by atoms with Crippen molar-refractivity contribution in [1.82, 2.24) is 0 Å². The summed E-state index contributed by atoms with van der Waals surface area (Å²) in [6.07, 6.45) is 15.7. The number of rotatable bonds is 8. The Bertz CT molecular complexity index is 4170. The van der Waals surface area contributed by atoms with Gasteiger partial charge in [-0.1, -0.05) is 176 Å². The molecule has 0 bridgehead atoms. The topological polar surface area (TPSA) is 6.48 Å². The second-order valence-corrected chi connectivity index (χ2v) is 19.5. The zero-order valence-electron chi connectivity index (χ0n) is 40.0. The first-order valence-electron chi connectivity index (χ1n) is 25.4. The van der Waals surface area contributed by atoms with Crippen LogP contribution in [0.1, 0.15) is 36.0 Å². The van der Waals surface area contributed by atoms with E-state index in [1.54, 1.807) is 0 Å². The Balaban J connectivity index is 1.06. The van der Waals surface area contributed by atoms with Gasteiger partial charge in [-0.15, -0.1) is 0 Å². The lowest BCUT2D eigenvalue weighted by atomic mass is 9.83. The molecule has 0 unspecified atom stereocenters. The fourth-order valence-electron chi connectivity index (χ4n) is 11.7. The Morgan fingerprint density at radius 3 is 1.28 bits per heavy atom. The highest BCUT2D eigenvalue weighted by Gasteiger charge is 2.24. The van der Waals surface area contributed by atoms with E-state index in [0.717, 1.165) is 59.8 Å². The molecule has 0 radical (unpaired) electrons. The minimum Gasteiger partial charge on any atom is -0.310 e. The van der Waals surface area contributed by atoms with Crippen molar-refractivity contribution in [2.75, 3.05) is 9.80 Å². The lowest BCUT2D eigenvalue weighted by Gasteiger charge is -2.29. The van der Waals surface area contributed by atoms with Crippen molar-refractivity contribution in [2.24, 2.45) is 0 Å². The van der Waals surface area contributed by atoms with Crippen LogP contribution in [0.4, 0.5) is 34.1 Å². The van der Waals surface area contributed by atoms with Crippen molar-refractivity contribution in [3.05, 3.63) is 265 Å². The Morgan fingerprint density at radius 1 is 0.306 bits per heavy atom. The van der Waals surface area contributed by atoms with Crippen LogP contribution in [0.2, 0.25) is 0 Å². The number of hydrogen-bond acceptors (Lipinski definition) is 2. The summed E-state index contributed by atoms with van der Waals surface area (Å²) in [5, 5.41) is 14.8. The fraction of sp³-hybridized carbons (Fsp3) is 0.0571. The van der Waals surface area contributed by atoms with Crippen LogP contribution in [0.3, 0.4) is 0 Å². The summed E-state index contributed by atoms with van der Waals surface area (Å²) in [7, 11) is 0. The molecule has 14 rings (SSSR count). The van der Waals surface area contributed by atoms with Gasteiger partial charge in [0, 0.05) is 34.1 Å². The molecule has 0 saturated heterocycles. The molecule has 0 fully saturated rings. The maximum atomic E-state index is 2.48. The molecule has 0 heterocycles. The molecule has 2 nitrogen and oxygen atoms in total. The molecular weight excluding hydrogens is 869 g/mol. The summed E-state index contributed by atoms with van der Waals surface area (Å²) < 4.78 is 0. The average molecular weight is 919 g/mol. The van der Waals surface area contributed by atoms with E-state index in [2.05, 4.69) is 265 Å². The Kier molecular flexibility index (Phi) is 10.2. The second-order valence-electron chi connectivity index (χ2n) is 19.5. The molecule has 0 atom stereocenters. The van der Waals surface area contributed by atoms with Gasteiger partial charge in [0.15, 0.2) is 0 Å². The molecule has 0 N–H and O–H groups in total. The lowest BCUT2D eigenvalue weighted by molar-refractivity contribution is 0.985. The minimum absolute atomic E-state index is 0.965. The molecule has 0 spiro atoms. The summed E-state index contributed by atoms with van der Waals surface area (Å²) >= 11 is 0. The molecule has 0 amide bonds. The monoisotopic (exact) mass is 918 g/mol. The van der Waals surface area contributed by atoms with Crippen molar-refractivity contribution < 1.29 is 0 Å². The quantitative estimate of drug-likeness (QED) is 0.140. The normalized spacial score (nSPS) is 13.3. The standard InChI is InChI=1S/C70H50N2/c1-2-19-52(20-3-1)69-65-38-36-64(72(61-34-30-50-17-7-12-24-56(50)43-61)62-35-31-51-18-8-13-25-57(51)44-62)46-68(65)70(58-27-26-47-14-4-9-21-53(47)40-58)66-39-37-63(45-67(66)69)71(59-32-28-48-15-5-10-22-54(48)41-59)60-33-29-49-16-6-11-23-55(49)42-60/h1-2,4-7,9-17,19,21-46H,3,8,18,20H2. The highest BCUT2D eigenvalue weighted by atomic mass is 15.1. The highest BCUT2D eigenvalue weighted by Crippen LogP contribution is 2.49. The van der Waals surface area contributed by atoms with E-state index in [-0.39, 0.29) is 0 Å². The van der Waals surface area contributed by atoms with Crippen molar-refractivity contribution in [1.29, 1.82) is 0 Å². The fourth-order valence-corrected chi connectivity index (χ4v) is 11.7. The van der Waals surface area contributed by atoms with Gasteiger partial charge >= 0.3 is 0 Å². The number of allylic oxidation sites excluding steroid dienone is 5. The summed E-state index contributed by atoms with van der Waals surface area (Å²) in [5.74, 6) is 0. The smallest absolute Gasteiger partial charge is 0.0468 e. The number of anilines is 6. The summed E-state index contributed by atoms with van der Waals surface area (Å²) in [6, 6.07) is 84.1. The van der Waals surface area contributed by atoms with Crippen LogP contribution in [-0.4, -0.2) is 0 Å². The molecule has 12 aromatic carbocycles. The van der Waals surface area contributed by atoms with E-state index in [1.807, 2.05) is 0 Å². The van der Waals surface area contributed by atoms with E-state index in [4.69, 9.17) is 0 Å². The van der Waals surface area contributed by atoms with Crippen molar-refractivity contribution in [3.8, 4) is 11.1 Å². The van der Waals surface area contributed by atoms with E-state index in [1.165, 1.54) is 98.0 Å². The van der Waals surface area contributed by atoms with Crippen molar-refractivity contribution in [2.45, 2.75) is 25.7 Å². The number of aryl methyl sites for hydroxylation is 1. The van der Waals surface area contributed by atoms with Crippen LogP contribution in [0.5, 0.6) is 0 Å². The van der Waals surface area contributed by atoms with Gasteiger partial charge in [0.1, 0.15) is 0 Å².